The van der Waals surface area contributed by atoms with E-state index in [1.165, 1.54) is 24.5 Å². The van der Waals surface area contributed by atoms with Crippen molar-refractivity contribution in [2.24, 2.45) is 11.7 Å². The standard InChI is InChI=1S/C25H27FN4O5S/c1-13(2)10-33-11-15(35-25(27)31)12-34-20-8-21-18(7-17(20)26)30-24(36-21)16-5-14(3)6-19-23(16)28-9-22(29-19)32-4/h5-9,13,15H,10-12H2,1-4H3,(H2,27,31). The fourth-order valence-corrected chi connectivity index (χ4v) is 4.56. The van der Waals surface area contributed by atoms with Gasteiger partial charge in [0.1, 0.15) is 11.6 Å². The molecule has 1 unspecified atom stereocenters. The number of ether oxygens (including phenoxy) is 4. The maximum atomic E-state index is 14.8. The molecule has 0 aliphatic heterocycles. The van der Waals surface area contributed by atoms with E-state index in [0.717, 1.165) is 15.8 Å². The highest BCUT2D eigenvalue weighted by atomic mass is 32.1. The van der Waals surface area contributed by atoms with Crippen LogP contribution in [0.3, 0.4) is 0 Å². The fraction of sp³-hybridized carbons (Fsp3) is 0.360. The summed E-state index contributed by atoms with van der Waals surface area (Å²) in [7, 11) is 1.54. The highest BCUT2D eigenvalue weighted by Crippen LogP contribution is 2.37. The lowest BCUT2D eigenvalue weighted by Crippen LogP contribution is -2.32. The summed E-state index contributed by atoms with van der Waals surface area (Å²) in [4.78, 5) is 24.8. The zero-order valence-electron chi connectivity index (χ0n) is 20.4. The Morgan fingerprint density at radius 1 is 1.11 bits per heavy atom. The summed E-state index contributed by atoms with van der Waals surface area (Å²) in [5.74, 6) is 0.150. The number of hydrogen-bond acceptors (Lipinski definition) is 9. The van der Waals surface area contributed by atoms with Crippen LogP contribution in [0.2, 0.25) is 0 Å². The van der Waals surface area contributed by atoms with Crippen LogP contribution in [0.4, 0.5) is 9.18 Å². The van der Waals surface area contributed by atoms with E-state index in [-0.39, 0.29) is 19.0 Å². The summed E-state index contributed by atoms with van der Waals surface area (Å²) in [6.45, 7) is 6.40. The Labute approximate surface area is 211 Å². The largest absolute Gasteiger partial charge is 0.486 e. The van der Waals surface area contributed by atoms with E-state index in [9.17, 15) is 9.18 Å². The number of amides is 1. The summed E-state index contributed by atoms with van der Waals surface area (Å²) >= 11 is 1.38. The van der Waals surface area contributed by atoms with Gasteiger partial charge in [-0.2, -0.15) is 0 Å². The lowest BCUT2D eigenvalue weighted by molar-refractivity contribution is -0.00572. The number of nitrogens with zero attached hydrogens (tertiary/aromatic N) is 3. The molecule has 0 radical (unpaired) electrons. The fourth-order valence-electron chi connectivity index (χ4n) is 3.56. The van der Waals surface area contributed by atoms with E-state index in [1.54, 1.807) is 12.3 Å². The minimum absolute atomic E-state index is 0.0123. The van der Waals surface area contributed by atoms with E-state index in [4.69, 9.17) is 24.7 Å². The molecule has 9 nitrogen and oxygen atoms in total. The maximum absolute atomic E-state index is 14.8. The quantitative estimate of drug-likeness (QED) is 0.318. The van der Waals surface area contributed by atoms with Crippen LogP contribution in [-0.2, 0) is 9.47 Å². The van der Waals surface area contributed by atoms with Crippen LogP contribution in [0.15, 0.2) is 30.5 Å². The molecule has 4 rings (SSSR count). The number of methoxy groups -OCH3 is 1. The number of fused-ring (bicyclic) bond motifs is 2. The van der Waals surface area contributed by atoms with E-state index in [0.29, 0.717) is 40.0 Å². The van der Waals surface area contributed by atoms with Crippen LogP contribution in [0.1, 0.15) is 19.4 Å². The van der Waals surface area contributed by atoms with Crippen molar-refractivity contribution in [2.75, 3.05) is 26.9 Å². The van der Waals surface area contributed by atoms with Crippen molar-refractivity contribution in [3.63, 3.8) is 0 Å². The number of thiazole rings is 1. The van der Waals surface area contributed by atoms with E-state index in [1.807, 2.05) is 32.9 Å². The first kappa shape index (κ1) is 25.5. The van der Waals surface area contributed by atoms with Gasteiger partial charge in [-0.1, -0.05) is 13.8 Å². The molecule has 0 saturated heterocycles. The molecule has 2 aromatic heterocycles. The number of primary amides is 1. The minimum Gasteiger partial charge on any atom is -0.486 e. The number of hydrogen-bond donors (Lipinski definition) is 1. The van der Waals surface area contributed by atoms with Crippen LogP contribution >= 0.6 is 11.3 Å². The van der Waals surface area contributed by atoms with Gasteiger partial charge >= 0.3 is 6.09 Å². The summed E-state index contributed by atoms with van der Waals surface area (Å²) < 4.78 is 37.0. The number of aryl methyl sites for hydroxylation is 1. The number of carbonyl (C=O) groups is 1. The number of halogens is 1. The van der Waals surface area contributed by atoms with Gasteiger partial charge in [0.15, 0.2) is 17.7 Å². The van der Waals surface area contributed by atoms with E-state index in [2.05, 4.69) is 15.0 Å². The Balaban J connectivity index is 1.60. The maximum Gasteiger partial charge on any atom is 0.404 e. The number of benzene rings is 2. The van der Waals surface area contributed by atoms with Gasteiger partial charge in [-0.3, -0.25) is 0 Å². The van der Waals surface area contributed by atoms with Gasteiger partial charge in [0.05, 0.1) is 41.2 Å². The van der Waals surface area contributed by atoms with Crippen molar-refractivity contribution in [2.45, 2.75) is 26.9 Å². The number of carbonyl (C=O) groups excluding carboxylic acids is 1. The van der Waals surface area contributed by atoms with Crippen molar-refractivity contribution >= 4 is 38.7 Å². The van der Waals surface area contributed by atoms with Crippen molar-refractivity contribution in [3.8, 4) is 22.2 Å². The average Bonchev–Trinajstić information content (AvgIpc) is 3.23. The second-order valence-corrected chi connectivity index (χ2v) is 9.69. The topological polar surface area (TPSA) is 119 Å². The lowest BCUT2D eigenvalue weighted by atomic mass is 10.1. The molecule has 0 saturated carbocycles. The molecule has 0 aliphatic rings. The predicted octanol–water partition coefficient (Wildman–Crippen LogP) is 4.88. The molecule has 0 aliphatic carbocycles. The molecular weight excluding hydrogens is 487 g/mol. The molecule has 2 heterocycles. The van der Waals surface area contributed by atoms with Crippen molar-refractivity contribution in [3.05, 3.63) is 41.8 Å². The molecule has 190 valence electrons. The van der Waals surface area contributed by atoms with Gasteiger partial charge in [0.25, 0.3) is 0 Å². The second-order valence-electron chi connectivity index (χ2n) is 8.66. The molecule has 0 spiro atoms. The molecule has 4 aromatic rings. The monoisotopic (exact) mass is 514 g/mol. The average molecular weight is 515 g/mol. The first-order valence-electron chi connectivity index (χ1n) is 11.3. The highest BCUT2D eigenvalue weighted by molar-refractivity contribution is 7.21. The zero-order valence-corrected chi connectivity index (χ0v) is 21.2. The number of nitrogens with two attached hydrogens (primary N) is 1. The molecule has 0 bridgehead atoms. The van der Waals surface area contributed by atoms with Crippen molar-refractivity contribution in [1.82, 2.24) is 15.0 Å². The molecule has 2 N–H and O–H groups in total. The second kappa shape index (κ2) is 11.0. The van der Waals surface area contributed by atoms with Gasteiger partial charge in [0, 0.05) is 24.3 Å². The first-order chi connectivity index (χ1) is 17.2. The zero-order chi connectivity index (χ0) is 25.8. The minimum atomic E-state index is -0.953. The Hall–Kier alpha value is -3.57. The van der Waals surface area contributed by atoms with Crippen LogP contribution < -0.4 is 15.2 Å². The normalized spacial score (nSPS) is 12.3. The van der Waals surface area contributed by atoms with Gasteiger partial charge in [0.2, 0.25) is 5.88 Å². The van der Waals surface area contributed by atoms with E-state index < -0.39 is 18.0 Å². The van der Waals surface area contributed by atoms with Crippen LogP contribution in [-0.4, -0.2) is 54.1 Å². The SMILES string of the molecule is COc1cnc2c(-c3nc4cc(F)c(OCC(COCC(C)C)OC(N)=O)cc4s3)cc(C)cc2n1. The Kier molecular flexibility index (Phi) is 7.80. The lowest BCUT2D eigenvalue weighted by Gasteiger charge is -2.18. The first-order valence-corrected chi connectivity index (χ1v) is 12.1. The smallest absolute Gasteiger partial charge is 0.404 e. The van der Waals surface area contributed by atoms with Crippen LogP contribution in [0.5, 0.6) is 11.6 Å². The van der Waals surface area contributed by atoms with Crippen LogP contribution in [0, 0.1) is 18.7 Å². The summed E-state index contributed by atoms with van der Waals surface area (Å²) in [5.41, 5.74) is 8.77. The predicted molar refractivity (Wildman–Crippen MR) is 135 cm³/mol. The number of rotatable bonds is 10. The Morgan fingerprint density at radius 2 is 1.92 bits per heavy atom. The summed E-state index contributed by atoms with van der Waals surface area (Å²) in [5, 5.41) is 0.673. The van der Waals surface area contributed by atoms with E-state index >= 15 is 0 Å². The van der Waals surface area contributed by atoms with Gasteiger partial charge in [-0.05, 0) is 30.5 Å². The van der Waals surface area contributed by atoms with Crippen LogP contribution in [0.25, 0.3) is 31.8 Å². The van der Waals surface area contributed by atoms with Gasteiger partial charge in [-0.15, -0.1) is 11.3 Å². The third-order valence-corrected chi connectivity index (χ3v) is 6.16. The third kappa shape index (κ3) is 5.97. The molecule has 1 atom stereocenters. The highest BCUT2D eigenvalue weighted by Gasteiger charge is 2.19. The van der Waals surface area contributed by atoms with Crippen molar-refractivity contribution < 1.29 is 28.1 Å². The Bertz CT molecular complexity index is 1390. The molecule has 36 heavy (non-hydrogen) atoms. The molecule has 2 aromatic carbocycles. The molecule has 0 fully saturated rings. The van der Waals surface area contributed by atoms with Crippen molar-refractivity contribution in [1.29, 1.82) is 0 Å². The summed E-state index contributed by atoms with van der Waals surface area (Å²) in [6, 6.07) is 6.78. The molecule has 1 amide bonds. The molecular formula is C25H27FN4O5S. The third-order valence-electron chi connectivity index (χ3n) is 5.11. The van der Waals surface area contributed by atoms with Gasteiger partial charge in [-0.25, -0.2) is 24.1 Å². The Morgan fingerprint density at radius 3 is 2.64 bits per heavy atom. The van der Waals surface area contributed by atoms with Gasteiger partial charge < -0.3 is 24.7 Å². The molecule has 11 heteroatoms. The summed E-state index contributed by atoms with van der Waals surface area (Å²) in [6.07, 6.45) is -0.177. The number of aromatic nitrogens is 3.